The zero-order valence-electron chi connectivity index (χ0n) is 18.9. The van der Waals surface area contributed by atoms with Gasteiger partial charge in [-0.2, -0.15) is 4.31 Å². The highest BCUT2D eigenvalue weighted by atomic mass is 35.5. The molecule has 33 heavy (non-hydrogen) atoms. The number of para-hydroxylation sites is 1. The number of benzene rings is 2. The number of hydrogen-bond acceptors (Lipinski definition) is 4. The second-order valence-corrected chi connectivity index (χ2v) is 11.1. The number of rotatable bonds is 5. The Bertz CT molecular complexity index is 1070. The number of amides is 1. The zero-order chi connectivity index (χ0) is 23.3. The van der Waals surface area contributed by atoms with Crippen LogP contribution in [0.3, 0.4) is 0 Å². The van der Waals surface area contributed by atoms with Gasteiger partial charge in [0.1, 0.15) is 4.90 Å². The highest BCUT2D eigenvalue weighted by molar-refractivity contribution is 7.89. The van der Waals surface area contributed by atoms with Crippen molar-refractivity contribution in [3.8, 4) is 0 Å². The Morgan fingerprint density at radius 3 is 2.06 bits per heavy atom. The third-order valence-electron chi connectivity index (χ3n) is 6.47. The standard InChI is InChI=1S/C25H32ClN3O3S/c26-21-11-5-6-12-22(21)27-25(30)20-13-14-23(28-15-7-1-2-8-16-28)24(19-20)33(31,32)29-17-9-3-4-10-18-29/h5-6,11-14,19H,1-4,7-10,15-18H2,(H,27,30). The Hall–Kier alpha value is -2.09. The van der Waals surface area contributed by atoms with Crippen molar-refractivity contribution >= 4 is 38.9 Å². The van der Waals surface area contributed by atoms with Crippen molar-refractivity contribution in [2.45, 2.75) is 56.3 Å². The number of halogens is 1. The van der Waals surface area contributed by atoms with Crippen LogP contribution < -0.4 is 10.2 Å². The topological polar surface area (TPSA) is 69.7 Å². The monoisotopic (exact) mass is 489 g/mol. The molecule has 6 nitrogen and oxygen atoms in total. The molecule has 178 valence electrons. The second-order valence-electron chi connectivity index (χ2n) is 8.84. The van der Waals surface area contributed by atoms with E-state index in [0.717, 1.165) is 64.5 Å². The van der Waals surface area contributed by atoms with Crippen LogP contribution >= 0.6 is 11.6 Å². The summed E-state index contributed by atoms with van der Waals surface area (Å²) in [7, 11) is -3.73. The summed E-state index contributed by atoms with van der Waals surface area (Å²) in [6.45, 7) is 2.71. The molecule has 1 N–H and O–H groups in total. The van der Waals surface area contributed by atoms with Gasteiger partial charge < -0.3 is 10.2 Å². The van der Waals surface area contributed by atoms with Gasteiger partial charge in [0, 0.05) is 31.7 Å². The van der Waals surface area contributed by atoms with Crippen molar-refractivity contribution in [2.24, 2.45) is 0 Å². The molecule has 2 aliphatic rings. The van der Waals surface area contributed by atoms with Crippen LogP contribution in [0.4, 0.5) is 11.4 Å². The minimum atomic E-state index is -3.73. The highest BCUT2D eigenvalue weighted by Gasteiger charge is 2.30. The van der Waals surface area contributed by atoms with Gasteiger partial charge in [-0.3, -0.25) is 4.79 Å². The average molecular weight is 490 g/mol. The normalized spacial score (nSPS) is 18.4. The van der Waals surface area contributed by atoms with E-state index in [9.17, 15) is 13.2 Å². The zero-order valence-corrected chi connectivity index (χ0v) is 20.5. The van der Waals surface area contributed by atoms with E-state index in [0.29, 0.717) is 35.1 Å². The van der Waals surface area contributed by atoms with Crippen LogP contribution in [-0.4, -0.2) is 44.8 Å². The van der Waals surface area contributed by atoms with Crippen LogP contribution in [0.5, 0.6) is 0 Å². The van der Waals surface area contributed by atoms with E-state index in [1.165, 1.54) is 0 Å². The fourth-order valence-electron chi connectivity index (χ4n) is 4.61. The number of hydrogen-bond donors (Lipinski definition) is 1. The molecule has 4 rings (SSSR count). The van der Waals surface area contributed by atoms with E-state index in [1.807, 2.05) is 0 Å². The Morgan fingerprint density at radius 2 is 1.42 bits per heavy atom. The van der Waals surface area contributed by atoms with E-state index in [-0.39, 0.29) is 10.8 Å². The molecule has 0 unspecified atom stereocenters. The molecular formula is C25H32ClN3O3S. The van der Waals surface area contributed by atoms with Crippen LogP contribution in [0.25, 0.3) is 0 Å². The van der Waals surface area contributed by atoms with Crippen molar-refractivity contribution < 1.29 is 13.2 Å². The molecule has 0 radical (unpaired) electrons. The smallest absolute Gasteiger partial charge is 0.255 e. The van der Waals surface area contributed by atoms with Crippen molar-refractivity contribution in [1.82, 2.24) is 4.31 Å². The van der Waals surface area contributed by atoms with Crippen molar-refractivity contribution in [1.29, 1.82) is 0 Å². The molecular weight excluding hydrogens is 458 g/mol. The third-order valence-corrected chi connectivity index (χ3v) is 8.73. The minimum absolute atomic E-state index is 0.234. The first-order chi connectivity index (χ1) is 16.0. The van der Waals surface area contributed by atoms with Gasteiger partial charge in [0.15, 0.2) is 0 Å². The molecule has 0 atom stereocenters. The van der Waals surface area contributed by atoms with Gasteiger partial charge in [0.05, 0.1) is 16.4 Å². The molecule has 0 aromatic heterocycles. The number of anilines is 2. The molecule has 0 saturated carbocycles. The maximum absolute atomic E-state index is 13.8. The largest absolute Gasteiger partial charge is 0.370 e. The lowest BCUT2D eigenvalue weighted by atomic mass is 10.1. The molecule has 2 fully saturated rings. The first-order valence-corrected chi connectivity index (χ1v) is 13.7. The molecule has 0 bridgehead atoms. The van der Waals surface area contributed by atoms with Gasteiger partial charge in [0.2, 0.25) is 10.0 Å². The number of carbonyl (C=O) groups excluding carboxylic acids is 1. The molecule has 2 aliphatic heterocycles. The summed E-state index contributed by atoms with van der Waals surface area (Å²) in [6.07, 6.45) is 8.22. The molecule has 8 heteroatoms. The van der Waals surface area contributed by atoms with E-state index in [1.54, 1.807) is 46.8 Å². The fraction of sp³-hybridized carbons (Fsp3) is 0.480. The van der Waals surface area contributed by atoms with Crippen LogP contribution in [0.1, 0.15) is 61.7 Å². The predicted molar refractivity (Wildman–Crippen MR) is 134 cm³/mol. The second kappa shape index (κ2) is 10.9. The number of nitrogens with zero attached hydrogens (tertiary/aromatic N) is 2. The summed E-state index contributed by atoms with van der Waals surface area (Å²) in [4.78, 5) is 15.4. The Balaban J connectivity index is 1.71. The Kier molecular flexibility index (Phi) is 7.94. The summed E-state index contributed by atoms with van der Waals surface area (Å²) < 4.78 is 29.2. The summed E-state index contributed by atoms with van der Waals surface area (Å²) in [5.41, 5.74) is 1.51. The lowest BCUT2D eigenvalue weighted by molar-refractivity contribution is 0.102. The van der Waals surface area contributed by atoms with Gasteiger partial charge in [-0.1, -0.05) is 49.4 Å². The SMILES string of the molecule is O=C(Nc1ccccc1Cl)c1ccc(N2CCCCCC2)c(S(=O)(=O)N2CCCCCC2)c1. The maximum atomic E-state index is 13.8. The van der Waals surface area contributed by atoms with Crippen LogP contribution in [0.2, 0.25) is 5.02 Å². The van der Waals surface area contributed by atoms with Gasteiger partial charge in [-0.05, 0) is 56.0 Å². The average Bonchev–Trinajstić information content (AvgIpc) is 3.26. The summed E-state index contributed by atoms with van der Waals surface area (Å²) in [6, 6.07) is 12.1. The molecule has 2 saturated heterocycles. The minimum Gasteiger partial charge on any atom is -0.370 e. The molecule has 2 heterocycles. The van der Waals surface area contributed by atoms with E-state index >= 15 is 0 Å². The third kappa shape index (κ3) is 5.70. The number of nitrogens with one attached hydrogen (secondary N) is 1. The van der Waals surface area contributed by atoms with Gasteiger partial charge in [-0.25, -0.2) is 8.42 Å². The van der Waals surface area contributed by atoms with Crippen molar-refractivity contribution in [3.05, 3.63) is 53.1 Å². The highest BCUT2D eigenvalue weighted by Crippen LogP contribution is 2.32. The maximum Gasteiger partial charge on any atom is 0.255 e. The van der Waals surface area contributed by atoms with Crippen molar-refractivity contribution in [2.75, 3.05) is 36.4 Å². The summed E-state index contributed by atoms with van der Waals surface area (Å²) in [5.74, 6) is -0.377. The molecule has 0 spiro atoms. The first kappa shape index (κ1) is 24.0. The molecule has 2 aromatic carbocycles. The van der Waals surface area contributed by atoms with Gasteiger partial charge in [0.25, 0.3) is 5.91 Å². The quantitative estimate of drug-likeness (QED) is 0.598. The Morgan fingerprint density at radius 1 is 0.818 bits per heavy atom. The molecule has 2 aromatic rings. The van der Waals surface area contributed by atoms with E-state index in [4.69, 9.17) is 11.6 Å². The number of sulfonamides is 1. The fourth-order valence-corrected chi connectivity index (χ4v) is 6.55. The van der Waals surface area contributed by atoms with E-state index in [2.05, 4.69) is 10.2 Å². The molecule has 0 aliphatic carbocycles. The van der Waals surface area contributed by atoms with Crippen LogP contribution in [0.15, 0.2) is 47.4 Å². The lowest BCUT2D eigenvalue weighted by Gasteiger charge is -2.28. The lowest BCUT2D eigenvalue weighted by Crippen LogP contribution is -2.34. The number of carbonyl (C=O) groups is 1. The van der Waals surface area contributed by atoms with Crippen molar-refractivity contribution in [3.63, 3.8) is 0 Å². The van der Waals surface area contributed by atoms with Gasteiger partial charge in [-0.15, -0.1) is 0 Å². The summed E-state index contributed by atoms with van der Waals surface area (Å²) >= 11 is 6.19. The van der Waals surface area contributed by atoms with E-state index < -0.39 is 10.0 Å². The Labute approximate surface area is 202 Å². The van der Waals surface area contributed by atoms with Crippen LogP contribution in [0, 0.1) is 0 Å². The first-order valence-electron chi connectivity index (χ1n) is 11.9. The predicted octanol–water partition coefficient (Wildman–Crippen LogP) is 5.54. The van der Waals surface area contributed by atoms with Crippen LogP contribution in [-0.2, 0) is 10.0 Å². The van der Waals surface area contributed by atoms with Gasteiger partial charge >= 0.3 is 0 Å². The molecule has 1 amide bonds. The summed E-state index contributed by atoms with van der Waals surface area (Å²) in [5, 5.41) is 3.25.